The van der Waals surface area contributed by atoms with Gasteiger partial charge in [0.2, 0.25) is 10.0 Å². The number of carbonyl (C=O) groups is 1. The number of imidazole rings is 1. The summed E-state index contributed by atoms with van der Waals surface area (Å²) in [6, 6.07) is 8.00. The van der Waals surface area contributed by atoms with Crippen molar-refractivity contribution < 1.29 is 18.3 Å². The second kappa shape index (κ2) is 8.71. The van der Waals surface area contributed by atoms with Crippen molar-refractivity contribution in [2.24, 2.45) is 0 Å². The third-order valence-electron chi connectivity index (χ3n) is 6.12. The Bertz CT molecular complexity index is 1350. The van der Waals surface area contributed by atoms with E-state index in [4.69, 9.17) is 16.6 Å². The number of hydrogen-bond acceptors (Lipinski definition) is 7. The van der Waals surface area contributed by atoms with Crippen LogP contribution in [0.4, 0.5) is 11.5 Å². The van der Waals surface area contributed by atoms with Crippen LogP contribution in [-0.2, 0) is 10.0 Å². The van der Waals surface area contributed by atoms with E-state index in [1.54, 1.807) is 15.5 Å². The molecule has 12 heteroatoms. The molecule has 1 atom stereocenters. The first-order chi connectivity index (χ1) is 16.2. The van der Waals surface area contributed by atoms with Crippen LogP contribution in [0.25, 0.3) is 5.65 Å². The van der Waals surface area contributed by atoms with E-state index in [0.717, 1.165) is 37.0 Å². The van der Waals surface area contributed by atoms with Crippen molar-refractivity contribution in [2.75, 3.05) is 35.5 Å². The molecule has 1 unspecified atom stereocenters. The Hall–Kier alpha value is -2.89. The quantitative estimate of drug-likeness (QED) is 0.547. The van der Waals surface area contributed by atoms with Gasteiger partial charge >= 0.3 is 0 Å². The predicted molar refractivity (Wildman–Crippen MR) is 129 cm³/mol. The van der Waals surface area contributed by atoms with Crippen molar-refractivity contribution in [1.82, 2.24) is 19.5 Å². The molecule has 2 N–H and O–H groups in total. The number of carbonyl (C=O) groups excluding carboxylic acids is 1. The molecule has 2 aromatic heterocycles. The SMILES string of the molecule is CS(=O)(=O)Nc1ccc(Cl)cc1C(=O)N1CCCCC1c1cn2nc(N3CC(O)C3)ccc2n1. The Balaban J connectivity index is 1.46. The number of sulfonamides is 1. The van der Waals surface area contributed by atoms with E-state index in [-0.39, 0.29) is 29.3 Å². The molecule has 3 aromatic rings. The fraction of sp³-hybridized carbons (Fsp3) is 0.409. The van der Waals surface area contributed by atoms with Crippen LogP contribution >= 0.6 is 11.6 Å². The molecular formula is C22H25ClN6O4S. The number of amides is 1. The van der Waals surface area contributed by atoms with E-state index in [1.165, 1.54) is 12.1 Å². The van der Waals surface area contributed by atoms with Crippen LogP contribution in [0.3, 0.4) is 0 Å². The largest absolute Gasteiger partial charge is 0.389 e. The lowest BCUT2D eigenvalue weighted by Crippen LogP contribution is -2.51. The van der Waals surface area contributed by atoms with Crippen LogP contribution in [0.15, 0.2) is 36.5 Å². The van der Waals surface area contributed by atoms with E-state index in [0.29, 0.717) is 30.3 Å². The summed E-state index contributed by atoms with van der Waals surface area (Å²) < 4.78 is 27.8. The number of nitrogens with zero attached hydrogens (tertiary/aromatic N) is 5. The number of halogens is 1. The maximum atomic E-state index is 13.6. The smallest absolute Gasteiger partial charge is 0.256 e. The van der Waals surface area contributed by atoms with Gasteiger partial charge in [0.1, 0.15) is 5.82 Å². The highest BCUT2D eigenvalue weighted by Gasteiger charge is 2.32. The van der Waals surface area contributed by atoms with E-state index >= 15 is 0 Å². The van der Waals surface area contributed by atoms with Crippen LogP contribution in [-0.4, -0.2) is 70.9 Å². The molecule has 0 radical (unpaired) electrons. The lowest BCUT2D eigenvalue weighted by atomic mass is 9.98. The molecular weight excluding hydrogens is 480 g/mol. The topological polar surface area (TPSA) is 120 Å². The zero-order chi connectivity index (χ0) is 24.0. The highest BCUT2D eigenvalue weighted by Crippen LogP contribution is 2.34. The summed E-state index contributed by atoms with van der Waals surface area (Å²) in [4.78, 5) is 22.1. The molecule has 2 aliphatic heterocycles. The van der Waals surface area contributed by atoms with E-state index in [1.807, 2.05) is 23.2 Å². The molecule has 2 aliphatic rings. The highest BCUT2D eigenvalue weighted by molar-refractivity contribution is 7.92. The number of fused-ring (bicyclic) bond motifs is 1. The normalized spacial score (nSPS) is 19.3. The van der Waals surface area contributed by atoms with Gasteiger partial charge in [0.25, 0.3) is 5.91 Å². The summed E-state index contributed by atoms with van der Waals surface area (Å²) in [5, 5.41) is 14.5. The van der Waals surface area contributed by atoms with E-state index in [9.17, 15) is 18.3 Å². The Morgan fingerprint density at radius 3 is 2.74 bits per heavy atom. The van der Waals surface area contributed by atoms with Gasteiger partial charge in [0, 0.05) is 24.7 Å². The number of rotatable bonds is 5. The minimum absolute atomic E-state index is 0.194. The van der Waals surface area contributed by atoms with Gasteiger partial charge in [-0.05, 0) is 49.6 Å². The van der Waals surface area contributed by atoms with Gasteiger partial charge in [-0.2, -0.15) is 0 Å². The van der Waals surface area contributed by atoms with Crippen LogP contribution < -0.4 is 9.62 Å². The lowest BCUT2D eigenvalue weighted by Gasteiger charge is -2.36. The van der Waals surface area contributed by atoms with Gasteiger partial charge in [-0.25, -0.2) is 17.9 Å². The summed E-state index contributed by atoms with van der Waals surface area (Å²) in [6.45, 7) is 1.62. The van der Waals surface area contributed by atoms with Gasteiger partial charge in [-0.1, -0.05) is 11.6 Å². The summed E-state index contributed by atoms with van der Waals surface area (Å²) in [6.07, 6.45) is 5.06. The standard InChI is InChI=1S/C22H25ClN6O4S/c1-34(32,33)26-17-6-5-14(23)10-16(17)22(31)28-9-3-2-4-19(28)18-13-29-20(24-18)7-8-21(25-29)27-11-15(30)12-27/h5-8,10,13,15,19,26,30H,2-4,9,11-12H2,1H3. The van der Waals surface area contributed by atoms with Crippen molar-refractivity contribution in [2.45, 2.75) is 31.4 Å². The molecule has 34 heavy (non-hydrogen) atoms. The van der Waals surface area contributed by atoms with Gasteiger partial charge < -0.3 is 14.9 Å². The van der Waals surface area contributed by atoms with Gasteiger partial charge in [0.15, 0.2) is 5.65 Å². The molecule has 0 saturated carbocycles. The highest BCUT2D eigenvalue weighted by atomic mass is 35.5. The number of aliphatic hydroxyl groups is 1. The average Bonchev–Trinajstić information content (AvgIpc) is 3.20. The fourth-order valence-electron chi connectivity index (χ4n) is 4.48. The first-order valence-electron chi connectivity index (χ1n) is 11.1. The number of anilines is 2. The summed E-state index contributed by atoms with van der Waals surface area (Å²) in [7, 11) is -3.58. The monoisotopic (exact) mass is 504 g/mol. The third kappa shape index (κ3) is 4.55. The molecule has 0 spiro atoms. The van der Waals surface area contributed by atoms with Gasteiger partial charge in [-0.15, -0.1) is 5.10 Å². The minimum atomic E-state index is -3.58. The average molecular weight is 505 g/mol. The number of benzene rings is 1. The number of likely N-dealkylation sites (tertiary alicyclic amines) is 1. The number of hydrogen-bond donors (Lipinski definition) is 2. The number of aliphatic hydroxyl groups excluding tert-OH is 1. The Morgan fingerprint density at radius 1 is 1.21 bits per heavy atom. The van der Waals surface area contributed by atoms with Gasteiger partial charge in [-0.3, -0.25) is 9.52 Å². The molecule has 5 rings (SSSR count). The molecule has 2 saturated heterocycles. The lowest BCUT2D eigenvalue weighted by molar-refractivity contribution is 0.0607. The van der Waals surface area contributed by atoms with Crippen molar-refractivity contribution in [1.29, 1.82) is 0 Å². The summed E-state index contributed by atoms with van der Waals surface area (Å²) in [5.74, 6) is 0.451. The molecule has 10 nitrogen and oxygen atoms in total. The summed E-state index contributed by atoms with van der Waals surface area (Å²) in [5.41, 5.74) is 1.78. The van der Waals surface area contributed by atoms with Crippen LogP contribution in [0, 0.1) is 0 Å². The number of β-amino-alcohol motifs (C(OH)–C–C–N with tert-alkyl or cyclic N) is 1. The Morgan fingerprint density at radius 2 is 2.00 bits per heavy atom. The molecule has 1 amide bonds. The number of aromatic nitrogens is 3. The van der Waals surface area contributed by atoms with Crippen molar-refractivity contribution in [3.05, 3.63) is 52.8 Å². The van der Waals surface area contributed by atoms with E-state index < -0.39 is 10.0 Å². The molecule has 180 valence electrons. The van der Waals surface area contributed by atoms with Crippen LogP contribution in [0.2, 0.25) is 5.02 Å². The Kier molecular flexibility index (Phi) is 5.86. The first-order valence-corrected chi connectivity index (χ1v) is 13.3. The molecule has 0 aliphatic carbocycles. The molecule has 0 bridgehead atoms. The zero-order valence-electron chi connectivity index (χ0n) is 18.6. The summed E-state index contributed by atoms with van der Waals surface area (Å²) >= 11 is 6.15. The van der Waals surface area contributed by atoms with Gasteiger partial charge in [0.05, 0.1) is 41.5 Å². The van der Waals surface area contributed by atoms with Crippen LogP contribution in [0.5, 0.6) is 0 Å². The first kappa shape index (κ1) is 22.9. The minimum Gasteiger partial charge on any atom is -0.389 e. The molecule has 2 fully saturated rings. The zero-order valence-corrected chi connectivity index (χ0v) is 20.1. The third-order valence-corrected chi connectivity index (χ3v) is 6.95. The number of piperidine rings is 1. The fourth-order valence-corrected chi connectivity index (χ4v) is 5.23. The number of nitrogens with one attached hydrogen (secondary N) is 1. The van der Waals surface area contributed by atoms with Crippen molar-refractivity contribution >= 4 is 44.7 Å². The maximum absolute atomic E-state index is 13.6. The van der Waals surface area contributed by atoms with E-state index in [2.05, 4.69) is 9.82 Å². The second-order valence-corrected chi connectivity index (χ2v) is 11.0. The second-order valence-electron chi connectivity index (χ2n) is 8.79. The Labute approximate surface area is 202 Å². The van der Waals surface area contributed by atoms with Crippen molar-refractivity contribution in [3.63, 3.8) is 0 Å². The van der Waals surface area contributed by atoms with Crippen LogP contribution in [0.1, 0.15) is 41.4 Å². The molecule has 4 heterocycles. The maximum Gasteiger partial charge on any atom is 0.256 e. The van der Waals surface area contributed by atoms with Crippen molar-refractivity contribution in [3.8, 4) is 0 Å². The molecule has 1 aromatic carbocycles. The predicted octanol–water partition coefficient (Wildman–Crippen LogP) is 2.30.